The number of anilines is 1. The van der Waals surface area contributed by atoms with Gasteiger partial charge in [0.05, 0.1) is 18.3 Å². The molecule has 1 fully saturated rings. The van der Waals surface area contributed by atoms with Crippen molar-refractivity contribution in [3.05, 3.63) is 75.7 Å². The molecule has 9 heteroatoms. The SMILES string of the molecule is CN(C)C(=O)CC[C@H]1CC(=O)C[C@@H]2[C@H]1C(=O)c1cc(CN=[N+]=[N-])ccc1N2C(=O)CCc1ccccc1. The summed E-state index contributed by atoms with van der Waals surface area (Å²) in [6, 6.07) is 14.3. The fraction of sp³-hybridized carbons (Fsp3) is 0.429. The highest BCUT2D eigenvalue weighted by molar-refractivity contribution is 6.12. The normalized spacial score (nSPS) is 20.5. The fourth-order valence-electron chi connectivity index (χ4n) is 5.53. The van der Waals surface area contributed by atoms with Crippen molar-refractivity contribution in [1.82, 2.24) is 4.90 Å². The third-order valence-corrected chi connectivity index (χ3v) is 7.35. The molecule has 1 saturated carbocycles. The Hall–Kier alpha value is -3.97. The second-order valence-electron chi connectivity index (χ2n) is 9.98. The second kappa shape index (κ2) is 11.4. The standard InChI is InChI=1S/C28H31N5O4/c1-32(2)25(35)13-10-20-15-21(34)16-24-27(20)28(37)22-14-19(17-30-31-29)8-11-23(22)33(24)26(36)12-9-18-6-4-3-5-7-18/h3-8,11,14,20,24,27H,9-10,12-13,15-17H2,1-2H3/t20-,24+,27-/m0/s1. The summed E-state index contributed by atoms with van der Waals surface area (Å²) in [6.45, 7) is 0.0896. The molecule has 1 aliphatic carbocycles. The van der Waals surface area contributed by atoms with E-state index >= 15 is 0 Å². The third kappa shape index (κ3) is 5.73. The van der Waals surface area contributed by atoms with E-state index in [1.54, 1.807) is 37.2 Å². The molecule has 9 nitrogen and oxygen atoms in total. The molecule has 2 aliphatic rings. The quantitative estimate of drug-likeness (QED) is 0.300. The molecule has 0 spiro atoms. The van der Waals surface area contributed by atoms with Gasteiger partial charge in [-0.2, -0.15) is 0 Å². The Morgan fingerprint density at radius 1 is 1.05 bits per heavy atom. The number of azide groups is 1. The monoisotopic (exact) mass is 501 g/mol. The first-order chi connectivity index (χ1) is 17.8. The van der Waals surface area contributed by atoms with E-state index in [0.29, 0.717) is 29.7 Å². The summed E-state index contributed by atoms with van der Waals surface area (Å²) in [5.41, 5.74) is 11.3. The molecule has 0 radical (unpaired) electrons. The summed E-state index contributed by atoms with van der Waals surface area (Å²) in [7, 11) is 3.36. The third-order valence-electron chi connectivity index (χ3n) is 7.35. The number of aryl methyl sites for hydroxylation is 1. The van der Waals surface area contributed by atoms with Crippen molar-refractivity contribution in [2.45, 2.75) is 51.1 Å². The van der Waals surface area contributed by atoms with E-state index < -0.39 is 12.0 Å². The highest BCUT2D eigenvalue weighted by Crippen LogP contribution is 2.44. The van der Waals surface area contributed by atoms with Gasteiger partial charge in [0.25, 0.3) is 0 Å². The summed E-state index contributed by atoms with van der Waals surface area (Å²) in [4.78, 5) is 58.7. The first kappa shape index (κ1) is 26.1. The number of Topliss-reactive ketones (excluding diaryl/α,β-unsaturated/α-hetero) is 2. The molecule has 0 aromatic heterocycles. The van der Waals surface area contributed by atoms with E-state index in [9.17, 15) is 19.2 Å². The van der Waals surface area contributed by atoms with E-state index in [2.05, 4.69) is 10.0 Å². The van der Waals surface area contributed by atoms with Gasteiger partial charge in [-0.15, -0.1) is 0 Å². The van der Waals surface area contributed by atoms with Gasteiger partial charge in [0, 0.05) is 56.2 Å². The van der Waals surface area contributed by atoms with Crippen molar-refractivity contribution >= 4 is 29.1 Å². The number of rotatable bonds is 8. The van der Waals surface area contributed by atoms with E-state index in [0.717, 1.165) is 5.56 Å². The number of carbonyl (C=O) groups excluding carboxylic acids is 4. The molecule has 192 valence electrons. The average molecular weight is 502 g/mol. The molecule has 1 aliphatic heterocycles. The number of carbonyl (C=O) groups is 4. The number of fused-ring (bicyclic) bond motifs is 2. The van der Waals surface area contributed by atoms with Crippen molar-refractivity contribution < 1.29 is 19.2 Å². The van der Waals surface area contributed by atoms with Gasteiger partial charge in [-0.25, -0.2) is 0 Å². The number of hydrogen-bond acceptors (Lipinski definition) is 5. The molecular weight excluding hydrogens is 470 g/mol. The molecule has 4 rings (SSSR count). The predicted octanol–water partition coefficient (Wildman–Crippen LogP) is 4.49. The fourth-order valence-corrected chi connectivity index (χ4v) is 5.53. The number of benzene rings is 2. The lowest BCUT2D eigenvalue weighted by molar-refractivity contribution is -0.130. The Balaban J connectivity index is 1.70. The highest BCUT2D eigenvalue weighted by Gasteiger charge is 2.49. The van der Waals surface area contributed by atoms with Crippen LogP contribution in [0.15, 0.2) is 53.6 Å². The molecule has 0 saturated heterocycles. The van der Waals surface area contributed by atoms with Crippen LogP contribution in [0.2, 0.25) is 0 Å². The van der Waals surface area contributed by atoms with Crippen molar-refractivity contribution in [2.24, 2.45) is 17.0 Å². The smallest absolute Gasteiger partial charge is 0.227 e. The van der Waals surface area contributed by atoms with Crippen LogP contribution in [0, 0.1) is 11.8 Å². The number of ketones is 2. The molecular formula is C28H31N5O4. The van der Waals surface area contributed by atoms with E-state index in [1.165, 1.54) is 4.90 Å². The topological polar surface area (TPSA) is 124 Å². The van der Waals surface area contributed by atoms with Crippen LogP contribution in [0.5, 0.6) is 0 Å². The van der Waals surface area contributed by atoms with Crippen molar-refractivity contribution in [2.75, 3.05) is 19.0 Å². The van der Waals surface area contributed by atoms with Crippen LogP contribution < -0.4 is 4.90 Å². The largest absolute Gasteiger partial charge is 0.349 e. The Bertz CT molecular complexity index is 1250. The Morgan fingerprint density at radius 2 is 1.81 bits per heavy atom. The van der Waals surface area contributed by atoms with Gasteiger partial charge in [-0.05, 0) is 47.6 Å². The van der Waals surface area contributed by atoms with Crippen LogP contribution in [0.4, 0.5) is 5.69 Å². The van der Waals surface area contributed by atoms with Gasteiger partial charge in [-0.3, -0.25) is 19.2 Å². The van der Waals surface area contributed by atoms with Gasteiger partial charge in [0.1, 0.15) is 5.78 Å². The van der Waals surface area contributed by atoms with Crippen molar-refractivity contribution in [3.63, 3.8) is 0 Å². The van der Waals surface area contributed by atoms with Gasteiger partial charge < -0.3 is 9.80 Å². The lowest BCUT2D eigenvalue weighted by Crippen LogP contribution is -2.56. The molecule has 3 atom stereocenters. The molecule has 2 amide bonds. The van der Waals surface area contributed by atoms with E-state index in [-0.39, 0.29) is 61.5 Å². The zero-order valence-corrected chi connectivity index (χ0v) is 21.2. The minimum atomic E-state index is -0.577. The first-order valence-electron chi connectivity index (χ1n) is 12.6. The van der Waals surface area contributed by atoms with Gasteiger partial charge in [0.15, 0.2) is 5.78 Å². The van der Waals surface area contributed by atoms with Gasteiger partial charge >= 0.3 is 0 Å². The van der Waals surface area contributed by atoms with Crippen molar-refractivity contribution in [1.29, 1.82) is 0 Å². The summed E-state index contributed by atoms with van der Waals surface area (Å²) < 4.78 is 0. The maximum absolute atomic E-state index is 13.9. The second-order valence-corrected chi connectivity index (χ2v) is 9.98. The molecule has 2 aromatic carbocycles. The number of hydrogen-bond donors (Lipinski definition) is 0. The summed E-state index contributed by atoms with van der Waals surface area (Å²) in [5.74, 6) is -1.24. The van der Waals surface area contributed by atoms with Crippen LogP contribution in [-0.2, 0) is 27.3 Å². The molecule has 2 aromatic rings. The maximum Gasteiger partial charge on any atom is 0.227 e. The van der Waals surface area contributed by atoms with Gasteiger partial charge in [-0.1, -0.05) is 41.5 Å². The van der Waals surface area contributed by atoms with Crippen LogP contribution in [0.1, 0.15) is 53.6 Å². The predicted molar refractivity (Wildman–Crippen MR) is 139 cm³/mol. The lowest BCUT2D eigenvalue weighted by Gasteiger charge is -2.46. The first-order valence-corrected chi connectivity index (χ1v) is 12.6. The summed E-state index contributed by atoms with van der Waals surface area (Å²) in [6.07, 6.45) is 1.74. The molecule has 0 N–H and O–H groups in total. The maximum atomic E-state index is 13.9. The minimum absolute atomic E-state index is 0.000592. The van der Waals surface area contributed by atoms with Crippen LogP contribution in [-0.4, -0.2) is 48.4 Å². The van der Waals surface area contributed by atoms with Gasteiger partial charge in [0.2, 0.25) is 11.8 Å². The molecule has 0 bridgehead atoms. The van der Waals surface area contributed by atoms with Crippen molar-refractivity contribution in [3.8, 4) is 0 Å². The lowest BCUT2D eigenvalue weighted by atomic mass is 9.67. The number of nitrogens with zero attached hydrogens (tertiary/aromatic N) is 5. The zero-order chi connectivity index (χ0) is 26.5. The zero-order valence-electron chi connectivity index (χ0n) is 21.2. The van der Waals surface area contributed by atoms with Crippen LogP contribution >= 0.6 is 0 Å². The summed E-state index contributed by atoms with van der Waals surface area (Å²) >= 11 is 0. The molecule has 0 unspecified atom stereocenters. The molecule has 1 heterocycles. The van der Waals surface area contributed by atoms with E-state index in [4.69, 9.17) is 5.53 Å². The Kier molecular flexibility index (Phi) is 8.04. The Labute approximate surface area is 216 Å². The number of amides is 2. The Morgan fingerprint density at radius 3 is 2.51 bits per heavy atom. The molecule has 37 heavy (non-hydrogen) atoms. The van der Waals surface area contributed by atoms with Crippen LogP contribution in [0.3, 0.4) is 0 Å². The van der Waals surface area contributed by atoms with Crippen LogP contribution in [0.25, 0.3) is 10.4 Å². The highest BCUT2D eigenvalue weighted by atomic mass is 16.2. The average Bonchev–Trinajstić information content (AvgIpc) is 2.89. The van der Waals surface area contributed by atoms with E-state index in [1.807, 2.05) is 30.3 Å². The minimum Gasteiger partial charge on any atom is -0.349 e. The summed E-state index contributed by atoms with van der Waals surface area (Å²) in [5, 5.41) is 3.61.